The summed E-state index contributed by atoms with van der Waals surface area (Å²) in [6.45, 7) is 8.36. The molecular weight excluding hydrogens is 264 g/mol. The molecule has 0 bridgehead atoms. The number of nitrogens with zero attached hydrogens (tertiary/aromatic N) is 2. The fraction of sp³-hybridized carbons (Fsp3) is 0.938. The minimum absolute atomic E-state index is 0.662. The van der Waals surface area contributed by atoms with E-state index in [-0.39, 0.29) is 0 Å². The van der Waals surface area contributed by atoms with E-state index in [1.165, 1.54) is 32.2 Å². The van der Waals surface area contributed by atoms with Crippen molar-refractivity contribution in [3.05, 3.63) is 0 Å². The second-order valence-corrected chi connectivity index (χ2v) is 6.18. The van der Waals surface area contributed by atoms with Crippen LogP contribution in [-0.2, 0) is 4.74 Å². The maximum Gasteiger partial charge on any atom is 0.191 e. The fourth-order valence-corrected chi connectivity index (χ4v) is 2.89. The first-order valence-corrected chi connectivity index (χ1v) is 8.59. The van der Waals surface area contributed by atoms with E-state index in [0.717, 1.165) is 51.1 Å². The van der Waals surface area contributed by atoms with Crippen molar-refractivity contribution in [1.82, 2.24) is 15.5 Å². The maximum absolute atomic E-state index is 5.64. The van der Waals surface area contributed by atoms with E-state index >= 15 is 0 Å². The van der Waals surface area contributed by atoms with Gasteiger partial charge in [0.2, 0.25) is 0 Å². The second kappa shape index (κ2) is 9.26. The first-order valence-electron chi connectivity index (χ1n) is 8.59. The SMILES string of the molecule is CCN1CCCC1CNC(=NC)NCCCOCC1CC1. The zero-order valence-electron chi connectivity index (χ0n) is 13.7. The van der Waals surface area contributed by atoms with Crippen LogP contribution in [0, 0.1) is 5.92 Å². The minimum Gasteiger partial charge on any atom is -0.381 e. The molecule has 1 saturated carbocycles. The van der Waals surface area contributed by atoms with Crippen molar-refractivity contribution in [1.29, 1.82) is 0 Å². The monoisotopic (exact) mass is 296 g/mol. The van der Waals surface area contributed by atoms with E-state index in [2.05, 4.69) is 27.4 Å². The highest BCUT2D eigenvalue weighted by atomic mass is 16.5. The third-order valence-corrected chi connectivity index (χ3v) is 4.44. The normalized spacial score (nSPS) is 23.5. The number of ether oxygens (including phenoxy) is 1. The van der Waals surface area contributed by atoms with E-state index in [4.69, 9.17) is 4.74 Å². The first-order chi connectivity index (χ1) is 10.3. The Hall–Kier alpha value is -0.810. The summed E-state index contributed by atoms with van der Waals surface area (Å²) >= 11 is 0. The van der Waals surface area contributed by atoms with Gasteiger partial charge in [-0.3, -0.25) is 9.89 Å². The van der Waals surface area contributed by atoms with Crippen molar-refractivity contribution in [2.45, 2.75) is 45.1 Å². The molecule has 0 amide bonds. The molecule has 0 aromatic heterocycles. The second-order valence-electron chi connectivity index (χ2n) is 6.18. The van der Waals surface area contributed by atoms with Crippen LogP contribution < -0.4 is 10.6 Å². The summed E-state index contributed by atoms with van der Waals surface area (Å²) in [6, 6.07) is 0.662. The average molecular weight is 296 g/mol. The zero-order valence-corrected chi connectivity index (χ0v) is 13.7. The molecule has 1 saturated heterocycles. The van der Waals surface area contributed by atoms with Gasteiger partial charge in [-0.1, -0.05) is 6.92 Å². The van der Waals surface area contributed by atoms with Gasteiger partial charge in [0.1, 0.15) is 0 Å². The molecule has 21 heavy (non-hydrogen) atoms. The number of likely N-dealkylation sites (N-methyl/N-ethyl adjacent to an activating group) is 1. The van der Waals surface area contributed by atoms with Crippen molar-refractivity contribution in [2.24, 2.45) is 10.9 Å². The van der Waals surface area contributed by atoms with E-state index in [1.54, 1.807) is 0 Å². The summed E-state index contributed by atoms with van der Waals surface area (Å²) in [5.41, 5.74) is 0. The van der Waals surface area contributed by atoms with Gasteiger partial charge in [-0.15, -0.1) is 0 Å². The molecule has 2 aliphatic rings. The summed E-state index contributed by atoms with van der Waals surface area (Å²) in [7, 11) is 1.84. The van der Waals surface area contributed by atoms with Crippen molar-refractivity contribution in [3.8, 4) is 0 Å². The number of guanidine groups is 1. The first kappa shape index (κ1) is 16.6. The van der Waals surface area contributed by atoms with Crippen LogP contribution in [0.25, 0.3) is 0 Å². The molecule has 1 heterocycles. The van der Waals surface area contributed by atoms with Crippen molar-refractivity contribution in [2.75, 3.05) is 46.4 Å². The lowest BCUT2D eigenvalue weighted by Crippen LogP contribution is -2.45. The van der Waals surface area contributed by atoms with Crippen LogP contribution in [0.5, 0.6) is 0 Å². The van der Waals surface area contributed by atoms with Crippen LogP contribution in [0.15, 0.2) is 4.99 Å². The summed E-state index contributed by atoms with van der Waals surface area (Å²) in [4.78, 5) is 6.84. The molecule has 0 aromatic rings. The summed E-state index contributed by atoms with van der Waals surface area (Å²) < 4.78 is 5.64. The van der Waals surface area contributed by atoms with Crippen LogP contribution in [0.4, 0.5) is 0 Å². The summed E-state index contributed by atoms with van der Waals surface area (Å²) in [6.07, 6.45) is 6.39. The lowest BCUT2D eigenvalue weighted by molar-refractivity contribution is 0.123. The molecule has 1 unspecified atom stereocenters. The highest BCUT2D eigenvalue weighted by Gasteiger charge is 2.22. The number of rotatable bonds is 9. The van der Waals surface area contributed by atoms with Crippen LogP contribution in [-0.4, -0.2) is 63.3 Å². The van der Waals surface area contributed by atoms with Gasteiger partial charge in [0, 0.05) is 39.4 Å². The lowest BCUT2D eigenvalue weighted by Gasteiger charge is -2.23. The Morgan fingerprint density at radius 3 is 2.86 bits per heavy atom. The number of hydrogen-bond donors (Lipinski definition) is 2. The summed E-state index contributed by atoms with van der Waals surface area (Å²) in [5.74, 6) is 1.78. The molecule has 0 aromatic carbocycles. The molecule has 1 aliphatic heterocycles. The van der Waals surface area contributed by atoms with E-state index in [9.17, 15) is 0 Å². The van der Waals surface area contributed by atoms with Gasteiger partial charge in [0.25, 0.3) is 0 Å². The minimum atomic E-state index is 0.662. The zero-order chi connectivity index (χ0) is 14.9. The Morgan fingerprint density at radius 2 is 2.14 bits per heavy atom. The van der Waals surface area contributed by atoms with Gasteiger partial charge >= 0.3 is 0 Å². The molecule has 0 radical (unpaired) electrons. The van der Waals surface area contributed by atoms with Crippen LogP contribution >= 0.6 is 0 Å². The summed E-state index contributed by atoms with van der Waals surface area (Å²) in [5, 5.41) is 6.82. The molecular formula is C16H32N4O. The Bertz CT molecular complexity index is 317. The van der Waals surface area contributed by atoms with Gasteiger partial charge in [-0.05, 0) is 51.1 Å². The van der Waals surface area contributed by atoms with Crippen LogP contribution in [0.2, 0.25) is 0 Å². The smallest absolute Gasteiger partial charge is 0.191 e. The quantitative estimate of drug-likeness (QED) is 0.384. The average Bonchev–Trinajstić information content (AvgIpc) is 3.22. The van der Waals surface area contributed by atoms with E-state index in [1.807, 2.05) is 7.05 Å². The van der Waals surface area contributed by atoms with E-state index in [0.29, 0.717) is 6.04 Å². The third kappa shape index (κ3) is 6.22. The van der Waals surface area contributed by atoms with Gasteiger partial charge in [-0.2, -0.15) is 0 Å². The number of nitrogens with one attached hydrogen (secondary N) is 2. The fourth-order valence-electron chi connectivity index (χ4n) is 2.89. The molecule has 2 fully saturated rings. The Labute approximate surface area is 129 Å². The van der Waals surface area contributed by atoms with E-state index < -0.39 is 0 Å². The molecule has 5 heteroatoms. The van der Waals surface area contributed by atoms with Gasteiger partial charge in [0.05, 0.1) is 0 Å². The lowest BCUT2D eigenvalue weighted by atomic mass is 10.2. The molecule has 122 valence electrons. The molecule has 2 rings (SSSR count). The Morgan fingerprint density at radius 1 is 1.29 bits per heavy atom. The van der Waals surface area contributed by atoms with Crippen LogP contribution in [0.1, 0.15) is 39.0 Å². The predicted molar refractivity (Wildman–Crippen MR) is 87.8 cm³/mol. The third-order valence-electron chi connectivity index (χ3n) is 4.44. The van der Waals surface area contributed by atoms with Gasteiger partial charge in [-0.25, -0.2) is 0 Å². The molecule has 1 atom stereocenters. The van der Waals surface area contributed by atoms with Gasteiger partial charge < -0.3 is 15.4 Å². The van der Waals surface area contributed by atoms with Crippen LogP contribution in [0.3, 0.4) is 0 Å². The molecule has 2 N–H and O–H groups in total. The Balaban J connectivity index is 1.51. The van der Waals surface area contributed by atoms with Crippen molar-refractivity contribution < 1.29 is 4.74 Å². The number of aliphatic imine (C=N–C) groups is 1. The van der Waals surface area contributed by atoms with Crippen molar-refractivity contribution in [3.63, 3.8) is 0 Å². The molecule has 1 aliphatic carbocycles. The van der Waals surface area contributed by atoms with Gasteiger partial charge in [0.15, 0.2) is 5.96 Å². The maximum atomic E-state index is 5.64. The largest absolute Gasteiger partial charge is 0.381 e. The topological polar surface area (TPSA) is 48.9 Å². The highest BCUT2D eigenvalue weighted by molar-refractivity contribution is 5.79. The van der Waals surface area contributed by atoms with Crippen molar-refractivity contribution >= 4 is 5.96 Å². The standard InChI is InChI=1S/C16H32N4O/c1-3-20-10-4-6-15(20)12-19-16(17-2)18-9-5-11-21-13-14-7-8-14/h14-15H,3-13H2,1-2H3,(H2,17,18,19). The number of likely N-dealkylation sites (tertiary alicyclic amines) is 1. The molecule has 0 spiro atoms. The molecule has 5 nitrogen and oxygen atoms in total. The number of hydrogen-bond acceptors (Lipinski definition) is 3. The Kier molecular flexibility index (Phi) is 7.30. The predicted octanol–water partition coefficient (Wildman–Crippen LogP) is 1.45. The highest BCUT2D eigenvalue weighted by Crippen LogP contribution is 2.28.